The molecule has 1 aromatic rings. The summed E-state index contributed by atoms with van der Waals surface area (Å²) in [6.45, 7) is 7.43. The number of hydrogen-bond donors (Lipinski definition) is 1. The van der Waals surface area contributed by atoms with Crippen LogP contribution < -0.4 is 10.1 Å². The van der Waals surface area contributed by atoms with Crippen molar-refractivity contribution in [2.75, 3.05) is 0 Å². The maximum atomic E-state index is 5.77. The van der Waals surface area contributed by atoms with Crippen molar-refractivity contribution in [2.24, 2.45) is 5.92 Å². The second-order valence-corrected chi connectivity index (χ2v) is 6.74. The molecule has 0 bridgehead atoms. The molecule has 0 unspecified atom stereocenters. The van der Waals surface area contributed by atoms with Crippen molar-refractivity contribution in [3.05, 3.63) is 29.8 Å². The number of rotatable bonds is 6. The van der Waals surface area contributed by atoms with Gasteiger partial charge in [-0.2, -0.15) is 0 Å². The molecule has 118 valence electrons. The number of nitrogens with one attached hydrogen (secondary N) is 1. The molecule has 0 saturated heterocycles. The first-order chi connectivity index (χ1) is 10.1. The van der Waals surface area contributed by atoms with Gasteiger partial charge in [-0.3, -0.25) is 0 Å². The third-order valence-electron chi connectivity index (χ3n) is 4.51. The summed E-state index contributed by atoms with van der Waals surface area (Å²) in [5, 5.41) is 3.72. The summed E-state index contributed by atoms with van der Waals surface area (Å²) in [5.41, 5.74) is 1.31. The van der Waals surface area contributed by atoms with Crippen LogP contribution in [0.5, 0.6) is 5.75 Å². The molecular weight excluding hydrogens is 258 g/mol. The van der Waals surface area contributed by atoms with Crippen LogP contribution in [0.15, 0.2) is 24.3 Å². The number of hydrogen-bond acceptors (Lipinski definition) is 2. The second kappa shape index (κ2) is 8.43. The smallest absolute Gasteiger partial charge is 0.120 e. The van der Waals surface area contributed by atoms with Gasteiger partial charge in [-0.1, -0.05) is 37.8 Å². The quantitative estimate of drug-likeness (QED) is 0.750. The van der Waals surface area contributed by atoms with E-state index in [0.29, 0.717) is 6.04 Å². The van der Waals surface area contributed by atoms with E-state index in [2.05, 4.69) is 44.3 Å². The minimum Gasteiger partial charge on any atom is -0.491 e. The molecule has 0 spiro atoms. The molecular formula is C19H31NO. The Bertz CT molecular complexity index is 408. The molecule has 1 aliphatic rings. The van der Waals surface area contributed by atoms with Gasteiger partial charge in [-0.05, 0) is 57.2 Å². The Hall–Kier alpha value is -1.02. The van der Waals surface area contributed by atoms with Crippen molar-refractivity contribution in [1.82, 2.24) is 5.32 Å². The molecule has 0 heterocycles. The number of benzene rings is 1. The fourth-order valence-corrected chi connectivity index (χ4v) is 3.26. The van der Waals surface area contributed by atoms with Gasteiger partial charge < -0.3 is 10.1 Å². The molecule has 0 aliphatic heterocycles. The topological polar surface area (TPSA) is 21.3 Å². The molecule has 1 atom stereocenters. The van der Waals surface area contributed by atoms with Crippen LogP contribution in [-0.2, 0) is 6.54 Å². The van der Waals surface area contributed by atoms with Crippen molar-refractivity contribution < 1.29 is 4.74 Å². The lowest BCUT2D eigenvalue weighted by atomic mass is 9.93. The van der Waals surface area contributed by atoms with E-state index < -0.39 is 0 Å². The lowest BCUT2D eigenvalue weighted by molar-refractivity contribution is 0.242. The van der Waals surface area contributed by atoms with Crippen LogP contribution in [-0.4, -0.2) is 12.1 Å². The highest BCUT2D eigenvalue weighted by Crippen LogP contribution is 2.25. The van der Waals surface area contributed by atoms with Crippen LogP contribution in [0.2, 0.25) is 0 Å². The Labute approximate surface area is 130 Å². The van der Waals surface area contributed by atoms with E-state index in [1.54, 1.807) is 0 Å². The Kier molecular flexibility index (Phi) is 6.56. The predicted molar refractivity (Wildman–Crippen MR) is 89.7 cm³/mol. The van der Waals surface area contributed by atoms with Crippen LogP contribution in [0, 0.1) is 5.92 Å². The van der Waals surface area contributed by atoms with Gasteiger partial charge in [0.25, 0.3) is 0 Å². The lowest BCUT2D eigenvalue weighted by Gasteiger charge is -2.24. The van der Waals surface area contributed by atoms with Crippen LogP contribution in [0.25, 0.3) is 0 Å². The zero-order chi connectivity index (χ0) is 15.1. The molecule has 1 aromatic carbocycles. The van der Waals surface area contributed by atoms with Gasteiger partial charge in [-0.25, -0.2) is 0 Å². The van der Waals surface area contributed by atoms with E-state index in [4.69, 9.17) is 4.74 Å². The average molecular weight is 289 g/mol. The summed E-state index contributed by atoms with van der Waals surface area (Å²) in [4.78, 5) is 0. The summed E-state index contributed by atoms with van der Waals surface area (Å²) >= 11 is 0. The van der Waals surface area contributed by atoms with Crippen molar-refractivity contribution in [1.29, 1.82) is 0 Å². The average Bonchev–Trinajstić information content (AvgIpc) is 2.73. The Balaban J connectivity index is 1.83. The largest absolute Gasteiger partial charge is 0.491 e. The molecule has 2 heteroatoms. The maximum Gasteiger partial charge on any atom is 0.120 e. The van der Waals surface area contributed by atoms with E-state index in [9.17, 15) is 0 Å². The molecule has 2 rings (SSSR count). The molecule has 0 radical (unpaired) electrons. The minimum absolute atomic E-state index is 0.234. The third-order valence-corrected chi connectivity index (χ3v) is 4.51. The molecule has 1 saturated carbocycles. The molecule has 21 heavy (non-hydrogen) atoms. The van der Waals surface area contributed by atoms with E-state index >= 15 is 0 Å². The molecule has 0 amide bonds. The summed E-state index contributed by atoms with van der Waals surface area (Å²) in [6.07, 6.45) is 8.70. The minimum atomic E-state index is 0.234. The van der Waals surface area contributed by atoms with Crippen molar-refractivity contribution in [3.63, 3.8) is 0 Å². The van der Waals surface area contributed by atoms with E-state index in [1.165, 1.54) is 44.1 Å². The summed E-state index contributed by atoms with van der Waals surface area (Å²) in [6, 6.07) is 9.08. The fourth-order valence-electron chi connectivity index (χ4n) is 3.26. The van der Waals surface area contributed by atoms with Crippen molar-refractivity contribution in [3.8, 4) is 5.75 Å². The van der Waals surface area contributed by atoms with Crippen LogP contribution in [0.3, 0.4) is 0 Å². The fraction of sp³-hybridized carbons (Fsp3) is 0.684. The van der Waals surface area contributed by atoms with Crippen LogP contribution in [0.1, 0.15) is 64.9 Å². The van der Waals surface area contributed by atoms with Crippen LogP contribution >= 0.6 is 0 Å². The molecule has 1 N–H and O–H groups in total. The van der Waals surface area contributed by atoms with Gasteiger partial charge in [0.2, 0.25) is 0 Å². The molecule has 1 fully saturated rings. The molecule has 2 nitrogen and oxygen atoms in total. The lowest BCUT2D eigenvalue weighted by Crippen LogP contribution is -2.32. The van der Waals surface area contributed by atoms with Crippen molar-refractivity contribution in [2.45, 2.75) is 78.0 Å². The summed E-state index contributed by atoms with van der Waals surface area (Å²) < 4.78 is 5.77. The van der Waals surface area contributed by atoms with Gasteiger partial charge in [0.05, 0.1) is 6.10 Å². The third kappa shape index (κ3) is 5.70. The highest BCUT2D eigenvalue weighted by atomic mass is 16.5. The first kappa shape index (κ1) is 16.4. The highest BCUT2D eigenvalue weighted by molar-refractivity contribution is 5.28. The number of ether oxygens (including phenoxy) is 1. The van der Waals surface area contributed by atoms with E-state index in [1.807, 2.05) is 6.07 Å². The van der Waals surface area contributed by atoms with Gasteiger partial charge in [0.15, 0.2) is 0 Å². The predicted octanol–water partition coefficient (Wildman–Crippen LogP) is 4.92. The Morgan fingerprint density at radius 3 is 2.48 bits per heavy atom. The van der Waals surface area contributed by atoms with E-state index in [0.717, 1.165) is 18.2 Å². The van der Waals surface area contributed by atoms with Crippen molar-refractivity contribution >= 4 is 0 Å². The second-order valence-electron chi connectivity index (χ2n) is 6.74. The van der Waals surface area contributed by atoms with E-state index in [-0.39, 0.29) is 6.10 Å². The molecule has 1 aliphatic carbocycles. The zero-order valence-electron chi connectivity index (χ0n) is 13.9. The maximum absolute atomic E-state index is 5.77. The molecule has 0 aromatic heterocycles. The normalized spacial score (nSPS) is 18.5. The van der Waals surface area contributed by atoms with Gasteiger partial charge >= 0.3 is 0 Å². The zero-order valence-corrected chi connectivity index (χ0v) is 13.9. The Morgan fingerprint density at radius 2 is 1.81 bits per heavy atom. The Morgan fingerprint density at radius 1 is 1.10 bits per heavy atom. The standard InChI is InChI=1S/C19H31NO/c1-15(2)21-19-12-8-9-17(13-19)14-20-16(3)18-10-6-4-5-7-11-18/h8-9,12-13,15-16,18,20H,4-7,10-11,14H2,1-3H3/t16-/m0/s1. The van der Waals surface area contributed by atoms with Crippen LogP contribution in [0.4, 0.5) is 0 Å². The summed E-state index contributed by atoms with van der Waals surface area (Å²) in [7, 11) is 0. The SMILES string of the molecule is CC(C)Oc1cccc(CN[C@@H](C)C2CCCCCC2)c1. The monoisotopic (exact) mass is 289 g/mol. The summed E-state index contributed by atoms with van der Waals surface area (Å²) in [5.74, 6) is 1.83. The first-order valence-corrected chi connectivity index (χ1v) is 8.64. The highest BCUT2D eigenvalue weighted by Gasteiger charge is 2.18. The van der Waals surface area contributed by atoms with Gasteiger partial charge in [0.1, 0.15) is 5.75 Å². The first-order valence-electron chi connectivity index (χ1n) is 8.64. The van der Waals surface area contributed by atoms with Gasteiger partial charge in [-0.15, -0.1) is 0 Å². The van der Waals surface area contributed by atoms with Gasteiger partial charge in [0, 0.05) is 12.6 Å².